The van der Waals surface area contributed by atoms with Gasteiger partial charge in [0.1, 0.15) is 22.7 Å². The van der Waals surface area contributed by atoms with Crippen molar-refractivity contribution in [2.24, 2.45) is 4.99 Å². The first-order chi connectivity index (χ1) is 16.5. The van der Waals surface area contributed by atoms with E-state index >= 15 is 0 Å². The van der Waals surface area contributed by atoms with Crippen LogP contribution in [-0.2, 0) is 0 Å². The molecule has 0 unspecified atom stereocenters. The second kappa shape index (κ2) is 8.64. The summed E-state index contributed by atoms with van der Waals surface area (Å²) in [5.74, 6) is 0.208. The van der Waals surface area contributed by atoms with Crippen LogP contribution in [0.3, 0.4) is 0 Å². The number of aromatic nitrogens is 5. The number of benzene rings is 1. The van der Waals surface area contributed by atoms with Crippen molar-refractivity contribution >= 4 is 50.6 Å². The van der Waals surface area contributed by atoms with E-state index in [0.29, 0.717) is 28.2 Å². The molecule has 2 N–H and O–H groups in total. The number of aromatic amines is 2. The highest BCUT2D eigenvalue weighted by Gasteiger charge is 2.19. The topological polar surface area (TPSA) is 82.6 Å². The molecule has 6 nitrogen and oxygen atoms in total. The Labute approximate surface area is 199 Å². The van der Waals surface area contributed by atoms with Crippen LogP contribution in [-0.4, -0.2) is 31.4 Å². The van der Waals surface area contributed by atoms with Crippen molar-refractivity contribution in [2.75, 3.05) is 0 Å². The van der Waals surface area contributed by atoms with E-state index in [1.165, 1.54) is 12.3 Å². The number of thiophene rings is 1. The van der Waals surface area contributed by atoms with Gasteiger partial charge >= 0.3 is 0 Å². The first-order valence-electron chi connectivity index (χ1n) is 10.6. The number of nitrogens with one attached hydrogen (secondary N) is 2. The Morgan fingerprint density at radius 2 is 2.03 bits per heavy atom. The van der Waals surface area contributed by atoms with Crippen LogP contribution in [0.2, 0.25) is 0 Å². The maximum absolute atomic E-state index is 14.8. The molecule has 0 aliphatic heterocycles. The molecule has 0 spiro atoms. The van der Waals surface area contributed by atoms with Gasteiger partial charge < -0.3 is 4.98 Å². The van der Waals surface area contributed by atoms with Gasteiger partial charge in [-0.3, -0.25) is 15.1 Å². The zero-order valence-electron chi connectivity index (χ0n) is 18.7. The second-order valence-corrected chi connectivity index (χ2v) is 8.82. The highest BCUT2D eigenvalue weighted by Crippen LogP contribution is 2.35. The van der Waals surface area contributed by atoms with Crippen LogP contribution in [0, 0.1) is 5.82 Å². The molecular formula is C26H21FN6S. The molecule has 0 radical (unpaired) electrons. The summed E-state index contributed by atoms with van der Waals surface area (Å²) in [4.78, 5) is 18.9. The van der Waals surface area contributed by atoms with Crippen molar-refractivity contribution in [2.45, 2.75) is 13.8 Å². The number of imidazole rings is 1. The number of pyridine rings is 1. The fourth-order valence-electron chi connectivity index (χ4n) is 3.79. The molecule has 0 amide bonds. The zero-order valence-corrected chi connectivity index (χ0v) is 19.5. The maximum atomic E-state index is 14.8. The van der Waals surface area contributed by atoms with Gasteiger partial charge in [-0.05, 0) is 49.3 Å². The van der Waals surface area contributed by atoms with Crippen LogP contribution in [0.25, 0.3) is 55.2 Å². The smallest absolute Gasteiger partial charge is 0.159 e. The van der Waals surface area contributed by atoms with E-state index in [1.807, 2.05) is 32.0 Å². The Kier molecular flexibility index (Phi) is 5.51. The number of halogens is 1. The minimum atomic E-state index is -0.367. The molecule has 0 bridgehead atoms. The van der Waals surface area contributed by atoms with Gasteiger partial charge in [-0.2, -0.15) is 5.10 Å². The Bertz CT molecular complexity index is 1630. The third-order valence-electron chi connectivity index (χ3n) is 5.48. The normalized spacial score (nSPS) is 12.3. The van der Waals surface area contributed by atoms with Crippen molar-refractivity contribution in [3.63, 3.8) is 0 Å². The van der Waals surface area contributed by atoms with Gasteiger partial charge in [0.25, 0.3) is 0 Å². The summed E-state index contributed by atoms with van der Waals surface area (Å²) in [5.41, 5.74) is 5.64. The van der Waals surface area contributed by atoms with E-state index < -0.39 is 0 Å². The molecule has 8 heteroatoms. The van der Waals surface area contributed by atoms with E-state index in [2.05, 4.69) is 38.3 Å². The Morgan fingerprint density at radius 3 is 2.76 bits per heavy atom. The van der Waals surface area contributed by atoms with Gasteiger partial charge in [-0.1, -0.05) is 19.2 Å². The van der Waals surface area contributed by atoms with Crippen LogP contribution >= 0.6 is 11.3 Å². The number of aliphatic imine (C=N–C) groups is 1. The Hall–Kier alpha value is -4.17. The van der Waals surface area contributed by atoms with Crippen LogP contribution in [0.5, 0.6) is 0 Å². The average molecular weight is 469 g/mol. The van der Waals surface area contributed by atoms with Crippen molar-refractivity contribution in [1.29, 1.82) is 0 Å². The molecule has 4 aromatic heterocycles. The third-order valence-corrected chi connectivity index (χ3v) is 6.73. The van der Waals surface area contributed by atoms with Gasteiger partial charge in [0.05, 0.1) is 15.9 Å². The first kappa shape index (κ1) is 21.7. The van der Waals surface area contributed by atoms with Gasteiger partial charge in [0.15, 0.2) is 5.82 Å². The molecule has 5 aromatic rings. The number of hydrogen-bond donors (Lipinski definition) is 2. The third kappa shape index (κ3) is 3.68. The zero-order chi connectivity index (χ0) is 23.8. The molecule has 0 saturated carbocycles. The number of allylic oxidation sites excluding steroid dienone is 3. The van der Waals surface area contributed by atoms with Gasteiger partial charge in [0, 0.05) is 40.5 Å². The molecule has 1 aromatic carbocycles. The minimum Gasteiger partial charge on any atom is -0.336 e. The van der Waals surface area contributed by atoms with Crippen molar-refractivity contribution < 1.29 is 4.39 Å². The van der Waals surface area contributed by atoms with Crippen LogP contribution < -0.4 is 0 Å². The minimum absolute atomic E-state index is 0.367. The summed E-state index contributed by atoms with van der Waals surface area (Å²) in [7, 11) is 0. The molecular weight excluding hydrogens is 447 g/mol. The second-order valence-electron chi connectivity index (χ2n) is 7.74. The van der Waals surface area contributed by atoms with Crippen LogP contribution in [0.4, 0.5) is 4.39 Å². The number of nitrogens with zero attached hydrogens (tertiary/aromatic N) is 4. The predicted octanol–water partition coefficient (Wildman–Crippen LogP) is 7.02. The summed E-state index contributed by atoms with van der Waals surface area (Å²) >= 11 is 1.63. The SMILES string of the molecule is C=CN=C/C(=C\C)c1cc2c(-c3nc4c(-c5ccc(C(=C)C)s5)nccc4[nH]3)n[nH]c2cc1F. The summed E-state index contributed by atoms with van der Waals surface area (Å²) in [6.45, 7) is 11.4. The van der Waals surface area contributed by atoms with Crippen LogP contribution in [0.1, 0.15) is 24.3 Å². The fraction of sp³-hybridized carbons (Fsp3) is 0.0769. The summed E-state index contributed by atoms with van der Waals surface area (Å²) < 4.78 is 14.8. The molecule has 0 fully saturated rings. The van der Waals surface area contributed by atoms with E-state index in [4.69, 9.17) is 4.98 Å². The van der Waals surface area contributed by atoms with E-state index in [1.54, 1.807) is 35.9 Å². The lowest BCUT2D eigenvalue weighted by atomic mass is 10.0. The molecule has 0 aliphatic carbocycles. The number of rotatable bonds is 6. The summed E-state index contributed by atoms with van der Waals surface area (Å²) in [5, 5.41) is 8.10. The molecule has 168 valence electrons. The average Bonchev–Trinajstić information content (AvgIpc) is 3.56. The van der Waals surface area contributed by atoms with Gasteiger partial charge in [-0.15, -0.1) is 11.3 Å². The largest absolute Gasteiger partial charge is 0.336 e. The number of fused-ring (bicyclic) bond motifs is 2. The molecule has 4 heterocycles. The predicted molar refractivity (Wildman–Crippen MR) is 139 cm³/mol. The molecule has 0 atom stereocenters. The van der Waals surface area contributed by atoms with Crippen molar-refractivity contribution in [3.05, 3.63) is 78.2 Å². The van der Waals surface area contributed by atoms with Crippen molar-refractivity contribution in [1.82, 2.24) is 25.1 Å². The monoisotopic (exact) mass is 468 g/mol. The van der Waals surface area contributed by atoms with Crippen LogP contribution in [0.15, 0.2) is 67.0 Å². The van der Waals surface area contributed by atoms with Gasteiger partial charge in [-0.25, -0.2) is 9.37 Å². The van der Waals surface area contributed by atoms with E-state index in [0.717, 1.165) is 37.4 Å². The molecule has 0 saturated heterocycles. The number of H-pyrrole nitrogens is 2. The quantitative estimate of drug-likeness (QED) is 0.263. The fourth-order valence-corrected chi connectivity index (χ4v) is 4.72. The maximum Gasteiger partial charge on any atom is 0.159 e. The molecule has 34 heavy (non-hydrogen) atoms. The lowest BCUT2D eigenvalue weighted by Gasteiger charge is -2.04. The standard InChI is InChI=1S/C26H21FN6S/c1-5-15(13-28-6-2)16-11-17-20(12-18(16)27)32-33-23(17)26-30-19-9-10-29-25(24(19)31-26)22-8-7-21(34-22)14(3)4/h5-13H,2-3H2,1,4H3,(H,30,31)(H,32,33)/b15-5+,28-13?. The molecule has 0 aliphatic rings. The van der Waals surface area contributed by atoms with Gasteiger partial charge in [0.2, 0.25) is 0 Å². The first-order valence-corrected chi connectivity index (χ1v) is 11.4. The number of hydrogen-bond acceptors (Lipinski definition) is 5. The highest BCUT2D eigenvalue weighted by atomic mass is 32.1. The van der Waals surface area contributed by atoms with E-state index in [-0.39, 0.29) is 5.82 Å². The molecule has 5 rings (SSSR count). The summed E-state index contributed by atoms with van der Waals surface area (Å²) in [6, 6.07) is 9.16. The van der Waals surface area contributed by atoms with E-state index in [9.17, 15) is 4.39 Å². The lowest BCUT2D eigenvalue weighted by Crippen LogP contribution is -1.92. The summed E-state index contributed by atoms with van der Waals surface area (Å²) in [6.07, 6.45) is 6.55. The Morgan fingerprint density at radius 1 is 1.18 bits per heavy atom. The Balaban J connectivity index is 1.65. The highest BCUT2D eigenvalue weighted by molar-refractivity contribution is 7.16. The lowest BCUT2D eigenvalue weighted by molar-refractivity contribution is 0.626. The van der Waals surface area contributed by atoms with Crippen molar-refractivity contribution in [3.8, 4) is 22.1 Å².